The largest absolute Gasteiger partial charge is 0.497 e. The number of hydrogen-bond donors (Lipinski definition) is 2. The van der Waals surface area contributed by atoms with Crippen molar-refractivity contribution >= 4 is 5.97 Å². The van der Waals surface area contributed by atoms with E-state index < -0.39 is 12.1 Å². The smallest absolute Gasteiger partial charge is 0.332 e. The molecule has 1 aliphatic carbocycles. The molecule has 92 valence electrons. The molecule has 0 aliphatic heterocycles. The Labute approximate surface area is 99.8 Å². The predicted molar refractivity (Wildman–Crippen MR) is 62.2 cm³/mol. The zero-order valence-corrected chi connectivity index (χ0v) is 9.72. The Morgan fingerprint density at radius 1 is 1.47 bits per heavy atom. The van der Waals surface area contributed by atoms with Gasteiger partial charge in [-0.25, -0.2) is 4.79 Å². The average Bonchev–Trinajstić information content (AvgIpc) is 2.36. The van der Waals surface area contributed by atoms with E-state index in [1.807, 2.05) is 18.2 Å². The molecule has 0 fully saturated rings. The molecule has 0 radical (unpaired) electrons. The number of carboxylic acids is 1. The van der Waals surface area contributed by atoms with E-state index in [1.54, 1.807) is 7.11 Å². The van der Waals surface area contributed by atoms with Crippen molar-refractivity contribution in [1.82, 2.24) is 0 Å². The second kappa shape index (κ2) is 4.75. The maximum atomic E-state index is 10.8. The highest BCUT2D eigenvalue weighted by atomic mass is 16.5. The molecule has 4 nitrogen and oxygen atoms in total. The Hall–Kier alpha value is -1.55. The summed E-state index contributed by atoms with van der Waals surface area (Å²) in [5.74, 6) is -0.567. The number of carbonyl (C=O) groups is 1. The number of rotatable bonds is 3. The Bertz CT molecular complexity index is 427. The number of fused-ring (bicyclic) bond motifs is 1. The highest BCUT2D eigenvalue weighted by molar-refractivity contribution is 5.72. The maximum Gasteiger partial charge on any atom is 0.332 e. The van der Waals surface area contributed by atoms with Crippen molar-refractivity contribution in [2.75, 3.05) is 7.11 Å². The third kappa shape index (κ3) is 2.42. The summed E-state index contributed by atoms with van der Waals surface area (Å²) in [6, 6.07) is 5.85. The van der Waals surface area contributed by atoms with Crippen LogP contribution in [0.5, 0.6) is 5.75 Å². The molecule has 2 rings (SSSR count). The van der Waals surface area contributed by atoms with Crippen molar-refractivity contribution in [3.8, 4) is 5.75 Å². The molecular formula is C13H16O4. The predicted octanol–water partition coefficient (Wildman–Crippen LogP) is 1.25. The Morgan fingerprint density at radius 2 is 2.24 bits per heavy atom. The zero-order valence-electron chi connectivity index (χ0n) is 9.72. The second-order valence-corrected chi connectivity index (χ2v) is 4.42. The normalized spacial score (nSPS) is 20.5. The minimum absolute atomic E-state index is 0.202. The van der Waals surface area contributed by atoms with Gasteiger partial charge in [0.2, 0.25) is 0 Å². The minimum Gasteiger partial charge on any atom is -0.497 e. The fourth-order valence-corrected chi connectivity index (χ4v) is 2.36. The van der Waals surface area contributed by atoms with Gasteiger partial charge in [-0.3, -0.25) is 0 Å². The molecule has 2 atom stereocenters. The van der Waals surface area contributed by atoms with Crippen molar-refractivity contribution in [1.29, 1.82) is 0 Å². The lowest BCUT2D eigenvalue weighted by Crippen LogP contribution is -2.33. The summed E-state index contributed by atoms with van der Waals surface area (Å²) < 4.78 is 5.14. The molecule has 0 saturated carbocycles. The first kappa shape index (κ1) is 11.9. The molecule has 0 heterocycles. The third-order valence-corrected chi connectivity index (χ3v) is 3.38. The topological polar surface area (TPSA) is 66.8 Å². The number of carboxylic acid groups (broad SMARTS) is 1. The van der Waals surface area contributed by atoms with Crippen LogP contribution in [0.2, 0.25) is 0 Å². The lowest BCUT2D eigenvalue weighted by Gasteiger charge is -2.26. The van der Waals surface area contributed by atoms with Crippen molar-refractivity contribution < 1.29 is 19.7 Å². The van der Waals surface area contributed by atoms with Gasteiger partial charge in [-0.1, -0.05) is 6.07 Å². The van der Waals surface area contributed by atoms with Crippen molar-refractivity contribution in [3.05, 3.63) is 29.3 Å². The van der Waals surface area contributed by atoms with Gasteiger partial charge in [-0.15, -0.1) is 0 Å². The molecule has 1 aromatic rings. The van der Waals surface area contributed by atoms with Crippen molar-refractivity contribution in [3.63, 3.8) is 0 Å². The monoisotopic (exact) mass is 236 g/mol. The van der Waals surface area contributed by atoms with Crippen LogP contribution in [0.3, 0.4) is 0 Å². The fourth-order valence-electron chi connectivity index (χ4n) is 2.36. The summed E-state index contributed by atoms with van der Waals surface area (Å²) in [6.45, 7) is 0. The molecule has 0 saturated heterocycles. The first-order valence-corrected chi connectivity index (χ1v) is 5.68. The van der Waals surface area contributed by atoms with Crippen LogP contribution in [-0.4, -0.2) is 29.4 Å². The van der Waals surface area contributed by atoms with Crippen LogP contribution in [0.15, 0.2) is 18.2 Å². The van der Waals surface area contributed by atoms with E-state index in [2.05, 4.69) is 0 Å². The molecule has 4 heteroatoms. The summed E-state index contributed by atoms with van der Waals surface area (Å²) >= 11 is 0. The molecule has 17 heavy (non-hydrogen) atoms. The number of methoxy groups -OCH3 is 1. The van der Waals surface area contributed by atoms with Gasteiger partial charge in [0.25, 0.3) is 0 Å². The van der Waals surface area contributed by atoms with Crippen molar-refractivity contribution in [2.45, 2.75) is 25.4 Å². The Balaban J connectivity index is 2.19. The maximum absolute atomic E-state index is 10.8. The first-order chi connectivity index (χ1) is 8.11. The quantitative estimate of drug-likeness (QED) is 0.828. The molecule has 0 bridgehead atoms. The second-order valence-electron chi connectivity index (χ2n) is 4.42. The summed E-state index contributed by atoms with van der Waals surface area (Å²) in [5, 5.41) is 18.4. The summed E-state index contributed by atoms with van der Waals surface area (Å²) in [5.41, 5.74) is 2.31. The van der Waals surface area contributed by atoms with Gasteiger partial charge >= 0.3 is 5.97 Å². The molecular weight excluding hydrogens is 220 g/mol. The van der Waals surface area contributed by atoms with E-state index >= 15 is 0 Å². The number of aryl methyl sites for hydroxylation is 1. The standard InChI is InChI=1S/C13H16O4/c1-17-11-5-4-8-2-3-9(6-10(8)7-11)12(14)13(15)16/h4-5,7,9,12,14H,2-3,6H2,1H3,(H,15,16). The number of aliphatic hydroxyl groups is 1. The summed E-state index contributed by atoms with van der Waals surface area (Å²) in [4.78, 5) is 10.8. The number of aliphatic hydroxyl groups excluding tert-OH is 1. The third-order valence-electron chi connectivity index (χ3n) is 3.38. The molecule has 2 N–H and O–H groups in total. The van der Waals surface area contributed by atoms with Gasteiger partial charge in [-0.05, 0) is 48.4 Å². The Kier molecular flexibility index (Phi) is 3.33. The number of hydrogen-bond acceptors (Lipinski definition) is 3. The van der Waals surface area contributed by atoms with E-state index in [1.165, 1.54) is 5.56 Å². The molecule has 2 unspecified atom stereocenters. The van der Waals surface area contributed by atoms with Crippen LogP contribution in [0, 0.1) is 5.92 Å². The SMILES string of the molecule is COc1ccc2c(c1)CC(C(O)C(=O)O)CC2. The van der Waals surface area contributed by atoms with Crippen LogP contribution in [0.4, 0.5) is 0 Å². The molecule has 0 aromatic heterocycles. The highest BCUT2D eigenvalue weighted by Crippen LogP contribution is 2.30. The summed E-state index contributed by atoms with van der Waals surface area (Å²) in [7, 11) is 1.61. The van der Waals surface area contributed by atoms with Crippen LogP contribution < -0.4 is 4.74 Å². The minimum atomic E-state index is -1.27. The summed E-state index contributed by atoms with van der Waals surface area (Å²) in [6.07, 6.45) is 0.857. The number of ether oxygens (including phenoxy) is 1. The van der Waals surface area contributed by atoms with Gasteiger partial charge in [-0.2, -0.15) is 0 Å². The van der Waals surface area contributed by atoms with Crippen LogP contribution in [0.1, 0.15) is 17.5 Å². The van der Waals surface area contributed by atoms with E-state index in [0.29, 0.717) is 12.8 Å². The van der Waals surface area contributed by atoms with Gasteiger partial charge in [0.15, 0.2) is 6.10 Å². The van der Waals surface area contributed by atoms with E-state index in [9.17, 15) is 9.90 Å². The zero-order chi connectivity index (χ0) is 12.4. The van der Waals surface area contributed by atoms with Crippen molar-refractivity contribution in [2.24, 2.45) is 5.92 Å². The number of benzene rings is 1. The lowest BCUT2D eigenvalue weighted by molar-refractivity contribution is -0.149. The van der Waals surface area contributed by atoms with E-state index in [-0.39, 0.29) is 5.92 Å². The van der Waals surface area contributed by atoms with Gasteiger partial charge in [0.05, 0.1) is 7.11 Å². The fraction of sp³-hybridized carbons (Fsp3) is 0.462. The number of aliphatic carboxylic acids is 1. The van der Waals surface area contributed by atoms with Gasteiger partial charge in [0, 0.05) is 0 Å². The molecule has 0 amide bonds. The van der Waals surface area contributed by atoms with Crippen LogP contribution >= 0.6 is 0 Å². The lowest BCUT2D eigenvalue weighted by atomic mass is 9.81. The van der Waals surface area contributed by atoms with E-state index in [0.717, 1.165) is 17.7 Å². The molecule has 1 aromatic carbocycles. The van der Waals surface area contributed by atoms with Gasteiger partial charge in [0.1, 0.15) is 5.75 Å². The average molecular weight is 236 g/mol. The molecule has 0 spiro atoms. The van der Waals surface area contributed by atoms with Crippen LogP contribution in [-0.2, 0) is 17.6 Å². The molecule has 1 aliphatic rings. The van der Waals surface area contributed by atoms with Crippen LogP contribution in [0.25, 0.3) is 0 Å². The van der Waals surface area contributed by atoms with Gasteiger partial charge < -0.3 is 14.9 Å². The van der Waals surface area contributed by atoms with E-state index in [4.69, 9.17) is 9.84 Å². The highest BCUT2D eigenvalue weighted by Gasteiger charge is 2.29. The Morgan fingerprint density at radius 3 is 2.88 bits per heavy atom. The first-order valence-electron chi connectivity index (χ1n) is 5.68.